The Labute approximate surface area is 135 Å². The summed E-state index contributed by atoms with van der Waals surface area (Å²) >= 11 is 3.52. The molecular formula is C18H22BrNO. The van der Waals surface area contributed by atoms with Crippen molar-refractivity contribution in [3.63, 3.8) is 0 Å². The summed E-state index contributed by atoms with van der Waals surface area (Å²) in [5.74, 6) is 1.40. The van der Waals surface area contributed by atoms with E-state index < -0.39 is 0 Å². The highest BCUT2D eigenvalue weighted by atomic mass is 79.9. The van der Waals surface area contributed by atoms with Crippen LogP contribution in [0.5, 0.6) is 5.75 Å². The van der Waals surface area contributed by atoms with Crippen LogP contribution in [0.15, 0.2) is 46.9 Å². The molecule has 2 rings (SSSR count). The zero-order valence-corrected chi connectivity index (χ0v) is 14.4. The van der Waals surface area contributed by atoms with E-state index >= 15 is 0 Å². The molecule has 0 spiro atoms. The molecule has 0 heterocycles. The number of ether oxygens (including phenoxy) is 1. The molecule has 112 valence electrons. The summed E-state index contributed by atoms with van der Waals surface area (Å²) in [5, 5.41) is 3.17. The average Bonchev–Trinajstić information content (AvgIpc) is 2.46. The van der Waals surface area contributed by atoms with Gasteiger partial charge in [-0.25, -0.2) is 0 Å². The van der Waals surface area contributed by atoms with Gasteiger partial charge in [-0.05, 0) is 47.9 Å². The van der Waals surface area contributed by atoms with Gasteiger partial charge in [0.2, 0.25) is 0 Å². The van der Waals surface area contributed by atoms with Gasteiger partial charge in [0.05, 0.1) is 0 Å². The van der Waals surface area contributed by atoms with E-state index in [2.05, 4.69) is 65.4 Å². The van der Waals surface area contributed by atoms with E-state index in [-0.39, 0.29) is 0 Å². The van der Waals surface area contributed by atoms with Gasteiger partial charge in [0, 0.05) is 11.0 Å². The Morgan fingerprint density at radius 1 is 1.10 bits per heavy atom. The molecule has 0 amide bonds. The molecule has 0 aliphatic heterocycles. The van der Waals surface area contributed by atoms with Crippen molar-refractivity contribution in [1.82, 2.24) is 5.32 Å². The van der Waals surface area contributed by atoms with Crippen LogP contribution < -0.4 is 10.1 Å². The summed E-state index contributed by atoms with van der Waals surface area (Å²) < 4.78 is 7.12. The number of hydrogen-bond donors (Lipinski definition) is 1. The first-order chi connectivity index (χ1) is 10.1. The third kappa shape index (κ3) is 4.58. The molecule has 0 aromatic heterocycles. The van der Waals surface area contributed by atoms with Crippen LogP contribution in [0.1, 0.15) is 36.5 Å². The Bertz CT molecular complexity index is 596. The third-order valence-corrected chi connectivity index (χ3v) is 3.85. The molecule has 0 aliphatic rings. The number of rotatable bonds is 6. The van der Waals surface area contributed by atoms with Gasteiger partial charge in [-0.3, -0.25) is 0 Å². The SMILES string of the molecule is CNCc1cccc(COc2ccc(Br)cc2C(C)C)c1. The lowest BCUT2D eigenvalue weighted by molar-refractivity contribution is 0.301. The summed E-state index contributed by atoms with van der Waals surface area (Å²) in [6.07, 6.45) is 0. The van der Waals surface area contributed by atoms with Gasteiger partial charge in [0.1, 0.15) is 12.4 Å². The van der Waals surface area contributed by atoms with Gasteiger partial charge in [-0.2, -0.15) is 0 Å². The predicted octanol–water partition coefficient (Wildman–Crippen LogP) is 4.87. The number of benzene rings is 2. The molecule has 1 N–H and O–H groups in total. The van der Waals surface area contributed by atoms with Crippen molar-refractivity contribution >= 4 is 15.9 Å². The first kappa shape index (κ1) is 16.1. The summed E-state index contributed by atoms with van der Waals surface area (Å²) in [4.78, 5) is 0. The smallest absolute Gasteiger partial charge is 0.123 e. The number of halogens is 1. The van der Waals surface area contributed by atoms with Crippen LogP contribution in [0.2, 0.25) is 0 Å². The van der Waals surface area contributed by atoms with Gasteiger partial charge >= 0.3 is 0 Å². The highest BCUT2D eigenvalue weighted by Gasteiger charge is 2.09. The number of hydrogen-bond acceptors (Lipinski definition) is 2. The maximum absolute atomic E-state index is 6.03. The highest BCUT2D eigenvalue weighted by Crippen LogP contribution is 2.30. The van der Waals surface area contributed by atoms with Gasteiger partial charge < -0.3 is 10.1 Å². The van der Waals surface area contributed by atoms with Crippen LogP contribution in [-0.2, 0) is 13.2 Å². The van der Waals surface area contributed by atoms with E-state index in [0.717, 1.165) is 16.8 Å². The second kappa shape index (κ2) is 7.62. The topological polar surface area (TPSA) is 21.3 Å². The van der Waals surface area contributed by atoms with Crippen molar-refractivity contribution in [2.45, 2.75) is 32.9 Å². The predicted molar refractivity (Wildman–Crippen MR) is 91.8 cm³/mol. The standard InChI is InChI=1S/C18H22BrNO/c1-13(2)17-10-16(19)7-8-18(17)21-12-15-6-4-5-14(9-15)11-20-3/h4-10,13,20H,11-12H2,1-3H3. The molecular weight excluding hydrogens is 326 g/mol. The molecule has 0 unspecified atom stereocenters. The average molecular weight is 348 g/mol. The molecule has 0 bridgehead atoms. The van der Waals surface area contributed by atoms with E-state index in [4.69, 9.17) is 4.74 Å². The quantitative estimate of drug-likeness (QED) is 0.804. The van der Waals surface area contributed by atoms with E-state index in [1.807, 2.05) is 19.2 Å². The Balaban J connectivity index is 2.11. The summed E-state index contributed by atoms with van der Waals surface area (Å²) in [6.45, 7) is 5.84. The minimum Gasteiger partial charge on any atom is -0.489 e. The number of nitrogens with one attached hydrogen (secondary N) is 1. The Hall–Kier alpha value is -1.32. The van der Waals surface area contributed by atoms with Crippen LogP contribution in [0.25, 0.3) is 0 Å². The molecule has 0 aliphatic carbocycles. The molecule has 2 aromatic rings. The van der Waals surface area contributed by atoms with Crippen molar-refractivity contribution in [3.05, 3.63) is 63.6 Å². The maximum Gasteiger partial charge on any atom is 0.123 e. The van der Waals surface area contributed by atoms with Crippen molar-refractivity contribution < 1.29 is 4.74 Å². The van der Waals surface area contributed by atoms with E-state index in [9.17, 15) is 0 Å². The molecule has 0 atom stereocenters. The highest BCUT2D eigenvalue weighted by molar-refractivity contribution is 9.10. The monoisotopic (exact) mass is 347 g/mol. The second-order valence-corrected chi connectivity index (χ2v) is 6.39. The normalized spacial score (nSPS) is 10.9. The molecule has 0 saturated heterocycles. The molecule has 3 heteroatoms. The fourth-order valence-electron chi connectivity index (χ4n) is 2.30. The van der Waals surface area contributed by atoms with Crippen molar-refractivity contribution in [2.24, 2.45) is 0 Å². The lowest BCUT2D eigenvalue weighted by Gasteiger charge is -2.15. The van der Waals surface area contributed by atoms with Crippen LogP contribution in [0.4, 0.5) is 0 Å². The van der Waals surface area contributed by atoms with Gasteiger partial charge in [0.15, 0.2) is 0 Å². The largest absolute Gasteiger partial charge is 0.489 e. The first-order valence-corrected chi connectivity index (χ1v) is 8.04. The summed E-state index contributed by atoms with van der Waals surface area (Å²) in [6, 6.07) is 14.7. The molecule has 0 fully saturated rings. The molecule has 0 radical (unpaired) electrons. The van der Waals surface area contributed by atoms with Gasteiger partial charge in [0.25, 0.3) is 0 Å². The lowest BCUT2D eigenvalue weighted by atomic mass is 10.0. The molecule has 0 saturated carbocycles. The van der Waals surface area contributed by atoms with Crippen LogP contribution in [-0.4, -0.2) is 7.05 Å². The van der Waals surface area contributed by atoms with Crippen molar-refractivity contribution in [1.29, 1.82) is 0 Å². The van der Waals surface area contributed by atoms with E-state index in [0.29, 0.717) is 12.5 Å². The minimum atomic E-state index is 0.438. The Kier molecular flexibility index (Phi) is 5.83. The minimum absolute atomic E-state index is 0.438. The van der Waals surface area contributed by atoms with Crippen LogP contribution in [0.3, 0.4) is 0 Å². The first-order valence-electron chi connectivity index (χ1n) is 7.25. The lowest BCUT2D eigenvalue weighted by Crippen LogP contribution is -2.06. The summed E-state index contributed by atoms with van der Waals surface area (Å²) in [7, 11) is 1.96. The zero-order valence-electron chi connectivity index (χ0n) is 12.8. The van der Waals surface area contributed by atoms with Gasteiger partial charge in [-0.15, -0.1) is 0 Å². The fraction of sp³-hybridized carbons (Fsp3) is 0.333. The summed E-state index contributed by atoms with van der Waals surface area (Å²) in [5.41, 5.74) is 3.70. The van der Waals surface area contributed by atoms with Crippen LogP contribution in [0, 0.1) is 0 Å². The molecule has 2 nitrogen and oxygen atoms in total. The van der Waals surface area contributed by atoms with Gasteiger partial charge in [-0.1, -0.05) is 54.0 Å². The Morgan fingerprint density at radius 2 is 1.86 bits per heavy atom. The second-order valence-electron chi connectivity index (χ2n) is 5.48. The Morgan fingerprint density at radius 3 is 2.57 bits per heavy atom. The van der Waals surface area contributed by atoms with Crippen LogP contribution >= 0.6 is 15.9 Å². The van der Waals surface area contributed by atoms with Crippen molar-refractivity contribution in [3.8, 4) is 5.75 Å². The van der Waals surface area contributed by atoms with E-state index in [1.165, 1.54) is 16.7 Å². The maximum atomic E-state index is 6.03. The third-order valence-electron chi connectivity index (χ3n) is 3.36. The molecule has 21 heavy (non-hydrogen) atoms. The molecule has 2 aromatic carbocycles. The van der Waals surface area contributed by atoms with E-state index in [1.54, 1.807) is 0 Å². The zero-order chi connectivity index (χ0) is 15.2. The fourth-order valence-corrected chi connectivity index (χ4v) is 2.68. The van der Waals surface area contributed by atoms with Crippen molar-refractivity contribution in [2.75, 3.05) is 7.05 Å².